The van der Waals surface area contributed by atoms with Gasteiger partial charge in [-0.15, -0.1) is 0 Å². The highest BCUT2D eigenvalue weighted by molar-refractivity contribution is 5.92. The van der Waals surface area contributed by atoms with Crippen LogP contribution in [0.3, 0.4) is 0 Å². The van der Waals surface area contributed by atoms with Crippen LogP contribution in [0.2, 0.25) is 0 Å². The summed E-state index contributed by atoms with van der Waals surface area (Å²) in [5.41, 5.74) is 4.01. The topological polar surface area (TPSA) is 64.4 Å². The highest BCUT2D eigenvalue weighted by atomic mass is 16.5. The maximum atomic E-state index is 12.1. The lowest BCUT2D eigenvalue weighted by atomic mass is 10.1. The van der Waals surface area contributed by atoms with Gasteiger partial charge in [-0.1, -0.05) is 19.9 Å². The molecule has 3 rings (SSSR count). The molecule has 0 unspecified atom stereocenters. The van der Waals surface area contributed by atoms with E-state index in [4.69, 9.17) is 9.15 Å². The zero-order valence-corrected chi connectivity index (χ0v) is 14.9. The van der Waals surface area contributed by atoms with E-state index in [1.807, 2.05) is 57.2 Å². The molecule has 0 aliphatic carbocycles. The molecule has 2 aromatic carbocycles. The average molecular weight is 338 g/mol. The number of hydrogen-bond acceptors (Lipinski definition) is 4. The summed E-state index contributed by atoms with van der Waals surface area (Å²) in [6, 6.07) is 11.2. The quantitative estimate of drug-likeness (QED) is 0.726. The summed E-state index contributed by atoms with van der Waals surface area (Å²) >= 11 is 0. The fourth-order valence-corrected chi connectivity index (χ4v) is 2.72. The van der Waals surface area contributed by atoms with E-state index in [2.05, 4.69) is 10.3 Å². The molecule has 5 nitrogen and oxygen atoms in total. The first-order valence-corrected chi connectivity index (χ1v) is 8.32. The van der Waals surface area contributed by atoms with Gasteiger partial charge in [-0.05, 0) is 42.7 Å². The summed E-state index contributed by atoms with van der Waals surface area (Å²) in [6.45, 7) is 6.00. The van der Waals surface area contributed by atoms with E-state index in [1.54, 1.807) is 7.11 Å². The molecule has 0 saturated carbocycles. The van der Waals surface area contributed by atoms with Crippen molar-refractivity contribution in [3.8, 4) is 17.2 Å². The van der Waals surface area contributed by atoms with Gasteiger partial charge in [-0.3, -0.25) is 4.79 Å². The third kappa shape index (κ3) is 3.65. The smallest absolute Gasteiger partial charge is 0.227 e. The zero-order valence-electron chi connectivity index (χ0n) is 14.9. The molecule has 0 atom stereocenters. The lowest BCUT2D eigenvalue weighted by Crippen LogP contribution is -2.14. The number of carbonyl (C=O) groups is 1. The lowest BCUT2D eigenvalue weighted by molar-refractivity contribution is -0.116. The van der Waals surface area contributed by atoms with Crippen LogP contribution in [0.4, 0.5) is 5.69 Å². The largest absolute Gasteiger partial charge is 0.497 e. The summed E-state index contributed by atoms with van der Waals surface area (Å²) in [6.07, 6.45) is 0.492. The summed E-state index contributed by atoms with van der Waals surface area (Å²) in [7, 11) is 1.62. The van der Waals surface area contributed by atoms with E-state index in [9.17, 15) is 4.79 Å². The minimum absolute atomic E-state index is 0.0116. The van der Waals surface area contributed by atoms with Crippen molar-refractivity contribution in [3.05, 3.63) is 42.0 Å². The van der Waals surface area contributed by atoms with Crippen molar-refractivity contribution in [2.24, 2.45) is 5.92 Å². The Hall–Kier alpha value is -2.82. The second kappa shape index (κ2) is 6.97. The van der Waals surface area contributed by atoms with Gasteiger partial charge in [0.05, 0.1) is 7.11 Å². The van der Waals surface area contributed by atoms with Crippen molar-refractivity contribution in [1.82, 2.24) is 4.98 Å². The number of oxazole rings is 1. The summed E-state index contributed by atoms with van der Waals surface area (Å²) in [5, 5.41) is 2.98. The van der Waals surface area contributed by atoms with Crippen LogP contribution >= 0.6 is 0 Å². The molecular weight excluding hydrogens is 316 g/mol. The van der Waals surface area contributed by atoms with Crippen LogP contribution in [-0.4, -0.2) is 18.0 Å². The molecule has 1 N–H and O–H groups in total. The second-order valence-electron chi connectivity index (χ2n) is 6.48. The van der Waals surface area contributed by atoms with Gasteiger partial charge in [0.1, 0.15) is 11.3 Å². The third-order valence-corrected chi connectivity index (χ3v) is 4.03. The monoisotopic (exact) mass is 338 g/mol. The maximum Gasteiger partial charge on any atom is 0.227 e. The molecule has 25 heavy (non-hydrogen) atoms. The standard InChI is InChI=1S/C20H22N2O3/c1-12(2)10-19(23)21-16-7-5-6-15(13(16)3)20-22-17-11-14(24-4)8-9-18(17)25-20/h5-9,11-12H,10H2,1-4H3,(H,21,23). The fourth-order valence-electron chi connectivity index (χ4n) is 2.72. The number of ether oxygens (including phenoxy) is 1. The van der Waals surface area contributed by atoms with Crippen molar-refractivity contribution in [2.75, 3.05) is 12.4 Å². The first kappa shape index (κ1) is 17.0. The molecule has 1 amide bonds. The van der Waals surface area contributed by atoms with Crippen molar-refractivity contribution >= 4 is 22.7 Å². The number of amides is 1. The highest BCUT2D eigenvalue weighted by Crippen LogP contribution is 2.31. The molecule has 0 bridgehead atoms. The molecule has 1 aromatic heterocycles. The van der Waals surface area contributed by atoms with Crippen molar-refractivity contribution in [3.63, 3.8) is 0 Å². The zero-order chi connectivity index (χ0) is 18.0. The van der Waals surface area contributed by atoms with Gasteiger partial charge in [0.25, 0.3) is 0 Å². The Balaban J connectivity index is 1.95. The average Bonchev–Trinajstić information content (AvgIpc) is 2.98. The van der Waals surface area contributed by atoms with Gasteiger partial charge in [-0.2, -0.15) is 0 Å². The van der Waals surface area contributed by atoms with E-state index in [0.717, 1.165) is 28.1 Å². The Morgan fingerprint density at radius 1 is 1.28 bits per heavy atom. The summed E-state index contributed by atoms with van der Waals surface area (Å²) in [5.74, 6) is 1.59. The number of hydrogen-bond donors (Lipinski definition) is 1. The van der Waals surface area contributed by atoms with E-state index < -0.39 is 0 Å². The summed E-state index contributed by atoms with van der Waals surface area (Å²) < 4.78 is 11.1. The van der Waals surface area contributed by atoms with Crippen molar-refractivity contribution < 1.29 is 13.9 Å². The molecule has 0 aliphatic heterocycles. The fraction of sp³-hybridized carbons (Fsp3) is 0.300. The Morgan fingerprint density at radius 2 is 2.08 bits per heavy atom. The number of nitrogens with one attached hydrogen (secondary N) is 1. The van der Waals surface area contributed by atoms with Crippen LogP contribution in [0.1, 0.15) is 25.8 Å². The van der Waals surface area contributed by atoms with Crippen molar-refractivity contribution in [2.45, 2.75) is 27.2 Å². The molecule has 3 aromatic rings. The van der Waals surface area contributed by atoms with Gasteiger partial charge >= 0.3 is 0 Å². The van der Waals surface area contributed by atoms with Crippen LogP contribution in [0, 0.1) is 12.8 Å². The van der Waals surface area contributed by atoms with E-state index >= 15 is 0 Å². The van der Waals surface area contributed by atoms with E-state index in [0.29, 0.717) is 23.8 Å². The number of benzene rings is 2. The predicted octanol–water partition coefficient (Wildman–Crippen LogP) is 4.80. The number of carbonyl (C=O) groups excluding carboxylic acids is 1. The van der Waals surface area contributed by atoms with Crippen LogP contribution in [-0.2, 0) is 4.79 Å². The predicted molar refractivity (Wildman–Crippen MR) is 98.8 cm³/mol. The number of aromatic nitrogens is 1. The van der Waals surface area contributed by atoms with Crippen LogP contribution in [0.15, 0.2) is 40.8 Å². The minimum Gasteiger partial charge on any atom is -0.497 e. The van der Waals surface area contributed by atoms with E-state index in [1.165, 1.54) is 0 Å². The molecule has 0 radical (unpaired) electrons. The molecule has 1 heterocycles. The van der Waals surface area contributed by atoms with E-state index in [-0.39, 0.29) is 5.91 Å². The number of methoxy groups -OCH3 is 1. The van der Waals surface area contributed by atoms with Gasteiger partial charge in [0.15, 0.2) is 5.58 Å². The van der Waals surface area contributed by atoms with Crippen LogP contribution in [0.25, 0.3) is 22.6 Å². The maximum absolute atomic E-state index is 12.1. The third-order valence-electron chi connectivity index (χ3n) is 4.03. The normalized spacial score (nSPS) is 11.1. The Kier molecular flexibility index (Phi) is 4.74. The molecule has 0 saturated heterocycles. The number of anilines is 1. The minimum atomic E-state index is 0.0116. The number of nitrogens with zero attached hydrogens (tertiary/aromatic N) is 1. The van der Waals surface area contributed by atoms with Gasteiger partial charge in [0.2, 0.25) is 11.8 Å². The Morgan fingerprint density at radius 3 is 2.80 bits per heavy atom. The first-order valence-electron chi connectivity index (χ1n) is 8.32. The van der Waals surface area contributed by atoms with Gasteiger partial charge in [-0.25, -0.2) is 4.98 Å². The lowest BCUT2D eigenvalue weighted by Gasteiger charge is -2.11. The van der Waals surface area contributed by atoms with Crippen LogP contribution < -0.4 is 10.1 Å². The summed E-state index contributed by atoms with van der Waals surface area (Å²) in [4.78, 5) is 16.6. The Bertz CT molecular complexity index is 912. The molecule has 130 valence electrons. The second-order valence-corrected chi connectivity index (χ2v) is 6.48. The molecule has 0 spiro atoms. The Labute approximate surface area is 147 Å². The molecule has 5 heteroatoms. The van der Waals surface area contributed by atoms with Gasteiger partial charge < -0.3 is 14.5 Å². The molecular formula is C20H22N2O3. The number of fused-ring (bicyclic) bond motifs is 1. The number of rotatable bonds is 5. The first-order chi connectivity index (χ1) is 12.0. The highest BCUT2D eigenvalue weighted by Gasteiger charge is 2.15. The molecule has 0 fully saturated rings. The van der Waals surface area contributed by atoms with Crippen molar-refractivity contribution in [1.29, 1.82) is 0 Å². The van der Waals surface area contributed by atoms with Gasteiger partial charge in [0, 0.05) is 23.7 Å². The molecule has 0 aliphatic rings. The van der Waals surface area contributed by atoms with Crippen LogP contribution in [0.5, 0.6) is 5.75 Å². The SMILES string of the molecule is COc1ccc2oc(-c3cccc(NC(=O)CC(C)C)c3C)nc2c1.